The lowest BCUT2D eigenvalue weighted by molar-refractivity contribution is -0.0606. The molecule has 0 atom stereocenters. The fourth-order valence-electron chi connectivity index (χ4n) is 6.62. The van der Waals surface area contributed by atoms with Crippen molar-refractivity contribution in [1.29, 1.82) is 0 Å². The van der Waals surface area contributed by atoms with E-state index in [2.05, 4.69) is 17.3 Å². The summed E-state index contributed by atoms with van der Waals surface area (Å²) < 4.78 is 0. The minimum atomic E-state index is 0.775. The van der Waals surface area contributed by atoms with Gasteiger partial charge in [-0.05, 0) is 114 Å². The van der Waals surface area contributed by atoms with E-state index < -0.39 is 0 Å². The Kier molecular flexibility index (Phi) is 4.04. The molecule has 1 aliphatic heterocycles. The monoisotopic (exact) mass is 290 g/mol. The molecule has 1 heterocycles. The van der Waals surface area contributed by atoms with Gasteiger partial charge in [-0.2, -0.15) is 0 Å². The maximum atomic E-state index is 3.49. The molecule has 0 aromatic heterocycles. The van der Waals surface area contributed by atoms with Crippen LogP contribution in [0.1, 0.15) is 57.8 Å². The van der Waals surface area contributed by atoms with Crippen molar-refractivity contribution in [2.45, 2.75) is 57.8 Å². The summed E-state index contributed by atoms with van der Waals surface area (Å²) in [5.74, 6) is 4.30. The average molecular weight is 290 g/mol. The van der Waals surface area contributed by atoms with E-state index in [4.69, 9.17) is 0 Å². The van der Waals surface area contributed by atoms with Gasteiger partial charge in [0.25, 0.3) is 0 Å². The van der Waals surface area contributed by atoms with Gasteiger partial charge in [-0.15, -0.1) is 0 Å². The summed E-state index contributed by atoms with van der Waals surface area (Å²) in [4.78, 5) is 2.66. The molecule has 0 aromatic carbocycles. The maximum Gasteiger partial charge on any atom is 0.000756 e. The Morgan fingerprint density at radius 1 is 0.952 bits per heavy atom. The third-order valence-electron chi connectivity index (χ3n) is 7.22. The average Bonchev–Trinajstić information content (AvgIpc) is 2.45. The molecular formula is C19H34N2. The van der Waals surface area contributed by atoms with Crippen LogP contribution < -0.4 is 5.32 Å². The lowest BCUT2D eigenvalue weighted by atomic mass is 9.49. The zero-order chi connectivity index (χ0) is 14.3. The Morgan fingerprint density at radius 2 is 1.52 bits per heavy atom. The Bertz CT molecular complexity index is 323. The van der Waals surface area contributed by atoms with E-state index in [1.807, 2.05) is 0 Å². The molecule has 4 bridgehead atoms. The van der Waals surface area contributed by atoms with Crippen molar-refractivity contribution in [3.63, 3.8) is 0 Å². The first kappa shape index (κ1) is 14.5. The first-order chi connectivity index (χ1) is 10.2. The Balaban J connectivity index is 1.28. The molecular weight excluding hydrogens is 256 g/mol. The van der Waals surface area contributed by atoms with E-state index in [-0.39, 0.29) is 0 Å². The number of hydrogen-bond donors (Lipinski definition) is 1. The highest BCUT2D eigenvalue weighted by Crippen LogP contribution is 2.61. The van der Waals surface area contributed by atoms with Crippen molar-refractivity contribution in [2.75, 3.05) is 33.2 Å². The van der Waals surface area contributed by atoms with E-state index in [9.17, 15) is 0 Å². The van der Waals surface area contributed by atoms with Gasteiger partial charge in [0, 0.05) is 6.54 Å². The second kappa shape index (κ2) is 5.85. The number of nitrogens with one attached hydrogen (secondary N) is 1. The second-order valence-corrected chi connectivity index (χ2v) is 9.12. The molecule has 5 aliphatic rings. The fourth-order valence-corrected chi connectivity index (χ4v) is 6.62. The van der Waals surface area contributed by atoms with Crippen LogP contribution in [-0.4, -0.2) is 38.1 Å². The molecule has 0 unspecified atom stereocenters. The van der Waals surface area contributed by atoms with E-state index in [1.54, 1.807) is 38.5 Å². The number of nitrogens with zero attached hydrogens (tertiary/aromatic N) is 1. The van der Waals surface area contributed by atoms with Gasteiger partial charge in [0.1, 0.15) is 0 Å². The van der Waals surface area contributed by atoms with Crippen LogP contribution >= 0.6 is 0 Å². The molecule has 2 nitrogen and oxygen atoms in total. The first-order valence-electron chi connectivity index (χ1n) is 9.60. The summed E-state index contributed by atoms with van der Waals surface area (Å²) in [6.45, 7) is 5.19. The third-order valence-corrected chi connectivity index (χ3v) is 7.22. The molecule has 0 radical (unpaired) electrons. The molecule has 1 N–H and O–H groups in total. The van der Waals surface area contributed by atoms with E-state index in [1.165, 1.54) is 45.4 Å². The molecule has 2 heteroatoms. The maximum absolute atomic E-state index is 3.49. The molecule has 0 amide bonds. The SMILES string of the molecule is CN(CCC12CC3CC(CC(C3)C1)C2)CC1CCNCC1. The van der Waals surface area contributed by atoms with Crippen LogP contribution in [0.4, 0.5) is 0 Å². The Morgan fingerprint density at radius 3 is 2.10 bits per heavy atom. The molecule has 120 valence electrons. The van der Waals surface area contributed by atoms with E-state index in [0.717, 1.165) is 29.1 Å². The molecule has 4 aliphatic carbocycles. The van der Waals surface area contributed by atoms with Crippen molar-refractivity contribution in [2.24, 2.45) is 29.1 Å². The van der Waals surface area contributed by atoms with Gasteiger partial charge in [0.15, 0.2) is 0 Å². The lowest BCUT2D eigenvalue weighted by Gasteiger charge is -2.57. The minimum Gasteiger partial charge on any atom is -0.317 e. The zero-order valence-corrected chi connectivity index (χ0v) is 13.9. The predicted octanol–water partition coefficient (Wildman–Crippen LogP) is 3.52. The fraction of sp³-hybridized carbons (Fsp3) is 1.00. The van der Waals surface area contributed by atoms with E-state index >= 15 is 0 Å². The highest BCUT2D eigenvalue weighted by atomic mass is 15.1. The van der Waals surface area contributed by atoms with Gasteiger partial charge in [-0.25, -0.2) is 0 Å². The van der Waals surface area contributed by atoms with Crippen LogP contribution in [0.2, 0.25) is 0 Å². The predicted molar refractivity (Wildman–Crippen MR) is 88.3 cm³/mol. The summed E-state index contributed by atoms with van der Waals surface area (Å²) >= 11 is 0. The van der Waals surface area contributed by atoms with Gasteiger partial charge in [0.2, 0.25) is 0 Å². The quantitative estimate of drug-likeness (QED) is 0.833. The normalized spacial score (nSPS) is 42.9. The smallest absolute Gasteiger partial charge is 0.000756 e. The first-order valence-corrected chi connectivity index (χ1v) is 9.60. The number of rotatable bonds is 5. The zero-order valence-electron chi connectivity index (χ0n) is 13.9. The Hall–Kier alpha value is -0.0800. The topological polar surface area (TPSA) is 15.3 Å². The molecule has 0 spiro atoms. The van der Waals surface area contributed by atoms with Crippen LogP contribution in [-0.2, 0) is 0 Å². The summed E-state index contributed by atoms with van der Waals surface area (Å²) in [6.07, 6.45) is 13.8. The highest BCUT2D eigenvalue weighted by Gasteiger charge is 2.50. The van der Waals surface area contributed by atoms with E-state index in [0.29, 0.717) is 0 Å². The molecule has 4 saturated carbocycles. The summed E-state index contributed by atoms with van der Waals surface area (Å²) in [7, 11) is 2.38. The van der Waals surface area contributed by atoms with Crippen molar-refractivity contribution >= 4 is 0 Å². The Labute approximate surface area is 131 Å². The van der Waals surface area contributed by atoms with Crippen molar-refractivity contribution in [3.05, 3.63) is 0 Å². The minimum absolute atomic E-state index is 0.775. The molecule has 1 saturated heterocycles. The molecule has 0 aromatic rings. The number of piperidine rings is 1. The summed E-state index contributed by atoms with van der Waals surface area (Å²) in [5.41, 5.74) is 0.775. The van der Waals surface area contributed by atoms with Crippen LogP contribution in [0.25, 0.3) is 0 Å². The molecule has 5 rings (SSSR count). The summed E-state index contributed by atoms with van der Waals surface area (Å²) in [5, 5.41) is 3.49. The van der Waals surface area contributed by atoms with Crippen molar-refractivity contribution < 1.29 is 0 Å². The van der Waals surface area contributed by atoms with Gasteiger partial charge < -0.3 is 10.2 Å². The van der Waals surface area contributed by atoms with Crippen LogP contribution in [0.3, 0.4) is 0 Å². The molecule has 21 heavy (non-hydrogen) atoms. The van der Waals surface area contributed by atoms with Gasteiger partial charge in [-0.1, -0.05) is 0 Å². The number of hydrogen-bond acceptors (Lipinski definition) is 2. The highest BCUT2D eigenvalue weighted by molar-refractivity contribution is 5.01. The van der Waals surface area contributed by atoms with Crippen molar-refractivity contribution in [3.8, 4) is 0 Å². The summed E-state index contributed by atoms with van der Waals surface area (Å²) in [6, 6.07) is 0. The molecule has 5 fully saturated rings. The van der Waals surface area contributed by atoms with Crippen LogP contribution in [0.5, 0.6) is 0 Å². The van der Waals surface area contributed by atoms with Gasteiger partial charge in [0.05, 0.1) is 0 Å². The van der Waals surface area contributed by atoms with Crippen LogP contribution in [0, 0.1) is 29.1 Å². The second-order valence-electron chi connectivity index (χ2n) is 9.12. The largest absolute Gasteiger partial charge is 0.317 e. The lowest BCUT2D eigenvalue weighted by Crippen LogP contribution is -2.47. The third kappa shape index (κ3) is 3.17. The van der Waals surface area contributed by atoms with Gasteiger partial charge >= 0.3 is 0 Å². The van der Waals surface area contributed by atoms with Crippen molar-refractivity contribution in [1.82, 2.24) is 10.2 Å². The van der Waals surface area contributed by atoms with Crippen LogP contribution in [0.15, 0.2) is 0 Å². The van der Waals surface area contributed by atoms with Gasteiger partial charge in [-0.3, -0.25) is 0 Å². The standard InChI is InChI=1S/C19H34N2/c1-21(14-15-2-5-20-6-3-15)7-4-19-11-16-8-17(12-19)10-18(9-16)13-19/h15-18,20H,2-14H2,1H3.